The zero-order valence-corrected chi connectivity index (χ0v) is 8.95. The minimum Gasteiger partial charge on any atom is -0.268 e. The Morgan fingerprint density at radius 3 is 2.85 bits per heavy atom. The summed E-state index contributed by atoms with van der Waals surface area (Å²) in [6, 6.07) is 0.447. The van der Waals surface area contributed by atoms with Gasteiger partial charge >= 0.3 is 0 Å². The van der Waals surface area contributed by atoms with Gasteiger partial charge in [0.15, 0.2) is 0 Å². The molecule has 2 atom stereocenters. The van der Waals surface area contributed by atoms with E-state index in [0.29, 0.717) is 6.04 Å². The summed E-state index contributed by atoms with van der Waals surface area (Å²) >= 11 is 0. The zero-order chi connectivity index (χ0) is 9.68. The predicted molar refractivity (Wildman–Crippen MR) is 58.7 cm³/mol. The highest BCUT2D eigenvalue weighted by atomic mass is 14.9. The normalized spacial score (nSPS) is 37.6. The van der Waals surface area contributed by atoms with Crippen LogP contribution in [-0.4, -0.2) is 18.1 Å². The second-order valence-corrected chi connectivity index (χ2v) is 4.11. The minimum absolute atomic E-state index is 0.447. The summed E-state index contributed by atoms with van der Waals surface area (Å²) in [5.74, 6) is 1.71. The van der Waals surface area contributed by atoms with Gasteiger partial charge in [-0.1, -0.05) is 19.8 Å². The summed E-state index contributed by atoms with van der Waals surface area (Å²) in [7, 11) is 0. The molecule has 74 valence electrons. The molecular weight excluding hydrogens is 160 g/mol. The van der Waals surface area contributed by atoms with Crippen LogP contribution in [0.3, 0.4) is 0 Å². The maximum absolute atomic E-state index is 4.48. The molecule has 0 radical (unpaired) electrons. The minimum atomic E-state index is 0.447. The van der Waals surface area contributed by atoms with Crippen molar-refractivity contribution in [2.75, 3.05) is 0 Å². The molecule has 0 saturated carbocycles. The molecule has 13 heavy (non-hydrogen) atoms. The van der Waals surface area contributed by atoms with Crippen molar-refractivity contribution in [3.63, 3.8) is 0 Å². The van der Waals surface area contributed by atoms with E-state index in [1.54, 1.807) is 0 Å². The van der Waals surface area contributed by atoms with Gasteiger partial charge in [-0.05, 0) is 32.6 Å². The van der Waals surface area contributed by atoms with Crippen LogP contribution in [0.1, 0.15) is 46.5 Å². The first-order valence-corrected chi connectivity index (χ1v) is 5.25. The van der Waals surface area contributed by atoms with Gasteiger partial charge in [-0.25, -0.2) is 4.99 Å². The van der Waals surface area contributed by atoms with Crippen LogP contribution in [0.15, 0.2) is 9.98 Å². The Labute approximate surface area is 81.2 Å². The third-order valence-electron chi connectivity index (χ3n) is 2.51. The number of nitrogens with zero attached hydrogens (tertiary/aromatic N) is 2. The van der Waals surface area contributed by atoms with Crippen LogP contribution in [-0.2, 0) is 0 Å². The van der Waals surface area contributed by atoms with E-state index in [4.69, 9.17) is 0 Å². The van der Waals surface area contributed by atoms with Crippen LogP contribution in [0.5, 0.6) is 0 Å². The number of hydrogen-bond donors (Lipinski definition) is 0. The van der Waals surface area contributed by atoms with Crippen LogP contribution in [0.25, 0.3) is 0 Å². The summed E-state index contributed by atoms with van der Waals surface area (Å²) < 4.78 is 0. The molecule has 1 rings (SSSR count). The van der Waals surface area contributed by atoms with E-state index in [2.05, 4.69) is 23.8 Å². The maximum atomic E-state index is 4.48. The average Bonchev–Trinajstić information content (AvgIpc) is 2.03. The lowest BCUT2D eigenvalue weighted by atomic mass is 9.99. The molecule has 0 aromatic heterocycles. The molecule has 0 spiro atoms. The first-order valence-electron chi connectivity index (χ1n) is 5.25. The summed E-state index contributed by atoms with van der Waals surface area (Å²) in [6.07, 6.45) is 6.93. The summed E-state index contributed by atoms with van der Waals surface area (Å²) in [6.45, 7) is 6.45. The molecule has 1 aliphatic rings. The second kappa shape index (κ2) is 5.15. The van der Waals surface area contributed by atoms with Crippen LogP contribution >= 0.6 is 0 Å². The molecule has 0 N–H and O–H groups in total. The third-order valence-corrected chi connectivity index (χ3v) is 2.51. The van der Waals surface area contributed by atoms with Crippen molar-refractivity contribution in [1.29, 1.82) is 0 Å². The van der Waals surface area contributed by atoms with Crippen LogP contribution in [0.2, 0.25) is 0 Å². The maximum Gasteiger partial charge on any atom is 0.119 e. The molecule has 2 heteroatoms. The van der Waals surface area contributed by atoms with E-state index in [1.165, 1.54) is 19.3 Å². The van der Waals surface area contributed by atoms with E-state index in [0.717, 1.165) is 18.2 Å². The molecule has 0 fully saturated rings. The highest BCUT2D eigenvalue weighted by Gasteiger charge is 2.05. The molecule has 0 aliphatic carbocycles. The molecule has 2 unspecified atom stereocenters. The quantitative estimate of drug-likeness (QED) is 0.547. The number of rotatable bonds is 0. The van der Waals surface area contributed by atoms with E-state index in [-0.39, 0.29) is 0 Å². The first kappa shape index (κ1) is 10.4. The Balaban J connectivity index is 2.59. The van der Waals surface area contributed by atoms with Crippen LogP contribution < -0.4 is 0 Å². The smallest absolute Gasteiger partial charge is 0.119 e. The Morgan fingerprint density at radius 2 is 2.08 bits per heavy atom. The van der Waals surface area contributed by atoms with Gasteiger partial charge in [-0.3, -0.25) is 4.99 Å². The van der Waals surface area contributed by atoms with Crippen molar-refractivity contribution in [2.24, 2.45) is 15.9 Å². The van der Waals surface area contributed by atoms with Crippen molar-refractivity contribution in [1.82, 2.24) is 0 Å². The lowest BCUT2D eigenvalue weighted by Crippen LogP contribution is -2.06. The Bertz CT molecular complexity index is 206. The monoisotopic (exact) mass is 180 g/mol. The number of aliphatic imine (C=N–C) groups is 2. The van der Waals surface area contributed by atoms with Crippen molar-refractivity contribution < 1.29 is 0 Å². The summed E-state index contributed by atoms with van der Waals surface area (Å²) in [4.78, 5) is 8.79. The molecule has 2 nitrogen and oxygen atoms in total. The van der Waals surface area contributed by atoms with E-state index < -0.39 is 0 Å². The van der Waals surface area contributed by atoms with Gasteiger partial charge in [-0.2, -0.15) is 0 Å². The van der Waals surface area contributed by atoms with Crippen LogP contribution in [0, 0.1) is 5.92 Å². The first-order chi connectivity index (χ1) is 6.18. The summed E-state index contributed by atoms with van der Waals surface area (Å²) in [5, 5.41) is 0. The summed E-state index contributed by atoms with van der Waals surface area (Å²) in [5.41, 5.74) is 0. The van der Waals surface area contributed by atoms with E-state index in [9.17, 15) is 0 Å². The Morgan fingerprint density at radius 1 is 1.31 bits per heavy atom. The molecule has 1 heterocycles. The highest BCUT2D eigenvalue weighted by Crippen LogP contribution is 2.14. The fraction of sp³-hybridized carbons (Fsp3) is 0.818. The largest absolute Gasteiger partial charge is 0.268 e. The molecule has 1 aliphatic heterocycles. The molecule has 0 bridgehead atoms. The lowest BCUT2D eigenvalue weighted by molar-refractivity contribution is 0.493. The second-order valence-electron chi connectivity index (χ2n) is 4.11. The van der Waals surface area contributed by atoms with Crippen molar-refractivity contribution in [2.45, 2.75) is 52.5 Å². The highest BCUT2D eigenvalue weighted by molar-refractivity contribution is 5.87. The van der Waals surface area contributed by atoms with E-state index >= 15 is 0 Å². The zero-order valence-electron chi connectivity index (χ0n) is 8.95. The molecular formula is C11H20N2. The van der Waals surface area contributed by atoms with Gasteiger partial charge in [-0.15, -0.1) is 0 Å². The predicted octanol–water partition coefficient (Wildman–Crippen LogP) is 3.07. The fourth-order valence-electron chi connectivity index (χ4n) is 1.66. The number of amidine groups is 1. The van der Waals surface area contributed by atoms with Crippen LogP contribution in [0.4, 0.5) is 0 Å². The average molecular weight is 180 g/mol. The van der Waals surface area contributed by atoms with Gasteiger partial charge in [0.2, 0.25) is 0 Å². The molecule has 0 amide bonds. The van der Waals surface area contributed by atoms with E-state index in [1.807, 2.05) is 13.1 Å². The third kappa shape index (κ3) is 4.20. The Hall–Kier alpha value is -0.660. The van der Waals surface area contributed by atoms with Gasteiger partial charge in [0.1, 0.15) is 5.84 Å². The molecule has 0 aromatic rings. The number of hydrogen-bond acceptors (Lipinski definition) is 2. The topological polar surface area (TPSA) is 24.7 Å². The van der Waals surface area contributed by atoms with Gasteiger partial charge in [0.25, 0.3) is 0 Å². The molecule has 0 aromatic carbocycles. The van der Waals surface area contributed by atoms with Crippen molar-refractivity contribution >= 4 is 12.1 Å². The fourth-order valence-corrected chi connectivity index (χ4v) is 1.66. The SMILES string of the molecule is CC1=N/C(C)CCCC(C)C/C=N\1. The van der Waals surface area contributed by atoms with Crippen molar-refractivity contribution in [3.05, 3.63) is 0 Å². The molecule has 0 saturated heterocycles. The van der Waals surface area contributed by atoms with Gasteiger partial charge in [0.05, 0.1) is 0 Å². The standard InChI is InChI=1S/C11H20N2/c1-9-5-4-6-10(2)13-11(3)12-8-7-9/h8-10H,4-7H2,1-3H3/b12-8-,13-11-. The van der Waals surface area contributed by atoms with Gasteiger partial charge in [0, 0.05) is 12.3 Å². The lowest BCUT2D eigenvalue weighted by Gasteiger charge is -2.12. The van der Waals surface area contributed by atoms with Crippen molar-refractivity contribution in [3.8, 4) is 0 Å². The van der Waals surface area contributed by atoms with Gasteiger partial charge < -0.3 is 0 Å². The Kier molecular flexibility index (Phi) is 4.13.